The minimum Gasteiger partial charge on any atom is -0.454 e. The lowest BCUT2D eigenvalue weighted by molar-refractivity contribution is -0.133. The van der Waals surface area contributed by atoms with Gasteiger partial charge >= 0.3 is 0 Å². The summed E-state index contributed by atoms with van der Waals surface area (Å²) in [7, 11) is 0. The van der Waals surface area contributed by atoms with E-state index in [1.807, 2.05) is 19.9 Å². The van der Waals surface area contributed by atoms with E-state index in [1.165, 1.54) is 22.7 Å². The van der Waals surface area contributed by atoms with Crippen molar-refractivity contribution in [1.82, 2.24) is 14.9 Å². The van der Waals surface area contributed by atoms with Crippen molar-refractivity contribution < 1.29 is 23.5 Å². The minimum absolute atomic E-state index is 0.00858. The van der Waals surface area contributed by atoms with Crippen LogP contribution >= 0.6 is 11.8 Å². The van der Waals surface area contributed by atoms with E-state index in [0.717, 1.165) is 11.4 Å². The Hall–Kier alpha value is -3.66. The molecule has 0 radical (unpaired) electrons. The van der Waals surface area contributed by atoms with Gasteiger partial charge in [-0.2, -0.15) is 0 Å². The minimum atomic E-state index is -0.443. The number of carbonyl (C=O) groups is 2. The summed E-state index contributed by atoms with van der Waals surface area (Å²) in [6.45, 7) is 3.53. The van der Waals surface area contributed by atoms with Crippen LogP contribution in [0.3, 0.4) is 0 Å². The number of aryl methyl sites for hydroxylation is 2. The number of carbonyl (C=O) groups excluding carboxylic acids is 2. The zero-order valence-corrected chi connectivity index (χ0v) is 19.5. The van der Waals surface area contributed by atoms with E-state index in [4.69, 9.17) is 9.47 Å². The first-order valence-electron chi connectivity index (χ1n) is 10.5. The molecule has 10 heteroatoms. The third-order valence-electron chi connectivity index (χ3n) is 4.95. The summed E-state index contributed by atoms with van der Waals surface area (Å²) in [6.07, 6.45) is 0. The molecule has 0 atom stereocenters. The highest BCUT2D eigenvalue weighted by molar-refractivity contribution is 7.99. The molecule has 1 aromatic heterocycles. The topological polar surface area (TPSA) is 93.7 Å². The number of halogens is 1. The Bertz CT molecular complexity index is 1200. The van der Waals surface area contributed by atoms with Gasteiger partial charge in [0.15, 0.2) is 16.7 Å². The van der Waals surface area contributed by atoms with Crippen LogP contribution in [0.2, 0.25) is 0 Å². The van der Waals surface area contributed by atoms with Crippen molar-refractivity contribution in [2.75, 3.05) is 24.4 Å². The highest BCUT2D eigenvalue weighted by Crippen LogP contribution is 2.34. The molecule has 0 unspecified atom stereocenters. The maximum absolute atomic E-state index is 14.3. The normalized spacial score (nSPS) is 11.9. The molecule has 34 heavy (non-hydrogen) atoms. The molecule has 1 aliphatic heterocycles. The molecular formula is C24H23FN4O4S. The number of amides is 2. The van der Waals surface area contributed by atoms with Crippen molar-refractivity contribution in [1.29, 1.82) is 0 Å². The Morgan fingerprint density at radius 2 is 1.79 bits per heavy atom. The molecule has 2 heterocycles. The average Bonchev–Trinajstić information content (AvgIpc) is 3.25. The quantitative estimate of drug-likeness (QED) is 0.386. The summed E-state index contributed by atoms with van der Waals surface area (Å²) >= 11 is 1.18. The number of nitrogens with one attached hydrogen (secondary N) is 1. The highest BCUT2D eigenvalue weighted by atomic mass is 32.2. The molecule has 0 saturated heterocycles. The third kappa shape index (κ3) is 6.02. The number of rotatable bonds is 8. The Morgan fingerprint density at radius 1 is 1.06 bits per heavy atom. The Balaban J connectivity index is 1.45. The molecule has 8 nitrogen and oxygen atoms in total. The first-order chi connectivity index (χ1) is 16.4. The van der Waals surface area contributed by atoms with Crippen LogP contribution in [0.5, 0.6) is 11.5 Å². The van der Waals surface area contributed by atoms with Gasteiger partial charge in [-0.1, -0.05) is 30.0 Å². The van der Waals surface area contributed by atoms with Gasteiger partial charge in [-0.05, 0) is 38.1 Å². The molecule has 0 spiro atoms. The van der Waals surface area contributed by atoms with Crippen LogP contribution < -0.4 is 14.8 Å². The predicted octanol–water partition coefficient (Wildman–Crippen LogP) is 3.72. The van der Waals surface area contributed by atoms with Crippen LogP contribution in [0, 0.1) is 19.7 Å². The number of benzene rings is 2. The summed E-state index contributed by atoms with van der Waals surface area (Å²) in [5.41, 5.74) is 2.42. The van der Waals surface area contributed by atoms with Crippen molar-refractivity contribution in [3.05, 3.63) is 71.3 Å². The van der Waals surface area contributed by atoms with Gasteiger partial charge in [0.2, 0.25) is 18.6 Å². The molecule has 0 aliphatic carbocycles. The van der Waals surface area contributed by atoms with Crippen LogP contribution in [-0.2, 0) is 16.1 Å². The largest absolute Gasteiger partial charge is 0.454 e. The van der Waals surface area contributed by atoms with Crippen LogP contribution in [0.15, 0.2) is 53.7 Å². The fourth-order valence-corrected chi connectivity index (χ4v) is 4.24. The van der Waals surface area contributed by atoms with Crippen LogP contribution in [0.25, 0.3) is 0 Å². The van der Waals surface area contributed by atoms with Gasteiger partial charge in [0.25, 0.3) is 0 Å². The number of fused-ring (bicyclic) bond motifs is 1. The molecule has 0 bridgehead atoms. The van der Waals surface area contributed by atoms with Crippen molar-refractivity contribution in [2.24, 2.45) is 0 Å². The summed E-state index contributed by atoms with van der Waals surface area (Å²) in [5.74, 6) is -0.0639. The van der Waals surface area contributed by atoms with E-state index in [9.17, 15) is 14.0 Å². The molecule has 1 aliphatic rings. The van der Waals surface area contributed by atoms with Gasteiger partial charge in [-0.3, -0.25) is 9.59 Å². The van der Waals surface area contributed by atoms with E-state index in [-0.39, 0.29) is 31.5 Å². The van der Waals surface area contributed by atoms with Crippen LogP contribution in [0.4, 0.5) is 10.1 Å². The van der Waals surface area contributed by atoms with E-state index in [2.05, 4.69) is 15.3 Å². The Labute approximate surface area is 200 Å². The zero-order valence-electron chi connectivity index (χ0n) is 18.7. The molecular weight excluding hydrogens is 459 g/mol. The maximum Gasteiger partial charge on any atom is 0.244 e. The van der Waals surface area contributed by atoms with Crippen LogP contribution in [-0.4, -0.2) is 45.8 Å². The standard InChI is InChI=1S/C24H23FN4O4S/c1-15-9-16(2)27-24(26-15)34-13-23(31)29(11-17-5-3-4-6-19(17)25)12-22(30)28-18-7-8-20-21(10-18)33-14-32-20/h3-10H,11-14H2,1-2H3,(H,28,30). The van der Waals surface area contributed by atoms with Crippen molar-refractivity contribution >= 4 is 29.3 Å². The fourth-order valence-electron chi connectivity index (χ4n) is 3.39. The number of ether oxygens (including phenoxy) is 2. The summed E-state index contributed by atoms with van der Waals surface area (Å²) < 4.78 is 24.9. The molecule has 176 valence electrons. The van der Waals surface area contributed by atoms with Gasteiger partial charge in [0.1, 0.15) is 12.4 Å². The van der Waals surface area contributed by atoms with Gasteiger partial charge in [-0.25, -0.2) is 14.4 Å². The average molecular weight is 483 g/mol. The molecule has 2 aromatic carbocycles. The number of thioether (sulfide) groups is 1. The lowest BCUT2D eigenvalue weighted by Gasteiger charge is -2.22. The van der Waals surface area contributed by atoms with Crippen LogP contribution in [0.1, 0.15) is 17.0 Å². The summed E-state index contributed by atoms with van der Waals surface area (Å²) in [4.78, 5) is 35.8. The zero-order chi connectivity index (χ0) is 24.1. The Morgan fingerprint density at radius 3 is 2.56 bits per heavy atom. The first kappa shape index (κ1) is 23.5. The van der Waals surface area contributed by atoms with Crippen molar-refractivity contribution in [3.8, 4) is 11.5 Å². The third-order valence-corrected chi connectivity index (χ3v) is 5.78. The van der Waals surface area contributed by atoms with E-state index in [1.54, 1.807) is 36.4 Å². The number of anilines is 1. The maximum atomic E-state index is 14.3. The highest BCUT2D eigenvalue weighted by Gasteiger charge is 2.21. The molecule has 0 saturated carbocycles. The van der Waals surface area contributed by atoms with Gasteiger partial charge in [0, 0.05) is 35.2 Å². The smallest absolute Gasteiger partial charge is 0.244 e. The molecule has 1 N–H and O–H groups in total. The predicted molar refractivity (Wildman–Crippen MR) is 125 cm³/mol. The number of nitrogens with zero attached hydrogens (tertiary/aromatic N) is 3. The van der Waals surface area contributed by atoms with Gasteiger partial charge in [-0.15, -0.1) is 0 Å². The lowest BCUT2D eigenvalue weighted by Crippen LogP contribution is -2.38. The second kappa shape index (κ2) is 10.5. The van der Waals surface area contributed by atoms with E-state index < -0.39 is 11.7 Å². The lowest BCUT2D eigenvalue weighted by atomic mass is 10.2. The SMILES string of the molecule is Cc1cc(C)nc(SCC(=O)N(CC(=O)Nc2ccc3c(c2)OCO3)Cc2ccccc2F)n1. The monoisotopic (exact) mass is 482 g/mol. The molecule has 2 amide bonds. The molecule has 4 rings (SSSR count). The fraction of sp³-hybridized carbons (Fsp3) is 0.250. The number of hydrogen-bond donors (Lipinski definition) is 1. The van der Waals surface area contributed by atoms with E-state index >= 15 is 0 Å². The second-order valence-corrected chi connectivity index (χ2v) is 8.62. The number of hydrogen-bond acceptors (Lipinski definition) is 7. The van der Waals surface area contributed by atoms with Crippen molar-refractivity contribution in [3.63, 3.8) is 0 Å². The van der Waals surface area contributed by atoms with Gasteiger partial charge < -0.3 is 19.7 Å². The molecule has 0 fully saturated rings. The van der Waals surface area contributed by atoms with Crippen molar-refractivity contribution in [2.45, 2.75) is 25.5 Å². The summed E-state index contributed by atoms with van der Waals surface area (Å²) in [6, 6.07) is 13.0. The number of aromatic nitrogens is 2. The van der Waals surface area contributed by atoms with E-state index in [0.29, 0.717) is 27.9 Å². The summed E-state index contributed by atoms with van der Waals surface area (Å²) in [5, 5.41) is 3.23. The molecule has 3 aromatic rings. The second-order valence-electron chi connectivity index (χ2n) is 7.68. The first-order valence-corrected chi connectivity index (χ1v) is 11.5. The Kier molecular flexibility index (Phi) is 7.27. The van der Waals surface area contributed by atoms with Gasteiger partial charge in [0.05, 0.1) is 5.75 Å².